The maximum atomic E-state index is 12.9. The molecule has 0 fully saturated rings. The van der Waals surface area contributed by atoms with Gasteiger partial charge >= 0.3 is 0 Å². The van der Waals surface area contributed by atoms with Crippen LogP contribution in [0.3, 0.4) is 0 Å². The minimum Gasteiger partial charge on any atom is -0.489 e. The van der Waals surface area contributed by atoms with Gasteiger partial charge < -0.3 is 9.47 Å². The van der Waals surface area contributed by atoms with Crippen LogP contribution < -0.4 is 9.47 Å². The molecule has 0 unspecified atom stereocenters. The number of hydrogen-bond acceptors (Lipinski definition) is 3. The van der Waals surface area contributed by atoms with Crippen LogP contribution >= 0.6 is 0 Å². The van der Waals surface area contributed by atoms with Crippen molar-refractivity contribution in [3.63, 3.8) is 0 Å². The Morgan fingerprint density at radius 2 is 1.62 bits per heavy atom. The van der Waals surface area contributed by atoms with Gasteiger partial charge in [0.1, 0.15) is 18.1 Å². The number of carbonyl (C=O) groups excluding carboxylic acids is 1. The summed E-state index contributed by atoms with van der Waals surface area (Å²) in [7, 11) is 0. The minimum atomic E-state index is -0.0986. The molecule has 3 aromatic carbocycles. The van der Waals surface area contributed by atoms with E-state index in [4.69, 9.17) is 9.47 Å². The highest BCUT2D eigenvalue weighted by Gasteiger charge is 2.30. The van der Waals surface area contributed by atoms with Gasteiger partial charge in [0, 0.05) is 5.56 Å². The molecule has 1 aliphatic heterocycles. The summed E-state index contributed by atoms with van der Waals surface area (Å²) in [6, 6.07) is 21.9. The molecule has 0 amide bonds. The van der Waals surface area contributed by atoms with Crippen LogP contribution in [0.2, 0.25) is 0 Å². The molecule has 1 heterocycles. The van der Waals surface area contributed by atoms with Crippen molar-refractivity contribution in [3.05, 3.63) is 106 Å². The summed E-state index contributed by atoms with van der Waals surface area (Å²) in [4.78, 5) is 12.9. The third-order valence-electron chi connectivity index (χ3n) is 5.56. The molecule has 3 heteroatoms. The molecule has 0 radical (unpaired) electrons. The van der Waals surface area contributed by atoms with Gasteiger partial charge in [-0.2, -0.15) is 0 Å². The number of Topliss-reactive ketones (excluding diaryl/α,β-unsaturated/α-hetero) is 1. The smallest absolute Gasteiger partial charge is 0.231 e. The monoisotopic (exact) mass is 424 g/mol. The first-order chi connectivity index (χ1) is 15.3. The van der Waals surface area contributed by atoms with Gasteiger partial charge in [-0.15, -0.1) is 0 Å². The molecular formula is C29H28O3. The topological polar surface area (TPSA) is 35.5 Å². The van der Waals surface area contributed by atoms with E-state index in [-0.39, 0.29) is 11.2 Å². The second-order valence-corrected chi connectivity index (χ2v) is 9.00. The van der Waals surface area contributed by atoms with E-state index in [2.05, 4.69) is 32.9 Å². The van der Waals surface area contributed by atoms with E-state index in [0.717, 1.165) is 16.7 Å². The fourth-order valence-electron chi connectivity index (χ4n) is 3.64. The lowest BCUT2D eigenvalue weighted by Gasteiger charge is -2.18. The molecule has 0 aromatic heterocycles. The van der Waals surface area contributed by atoms with Gasteiger partial charge in [-0.05, 0) is 53.3 Å². The Labute approximate surface area is 190 Å². The maximum absolute atomic E-state index is 12.9. The number of allylic oxidation sites excluding steroid dienone is 1. The molecule has 162 valence electrons. The molecular weight excluding hydrogens is 396 g/mol. The van der Waals surface area contributed by atoms with Gasteiger partial charge in [0.05, 0.1) is 5.56 Å². The predicted octanol–water partition coefficient (Wildman–Crippen LogP) is 7.00. The summed E-state index contributed by atoms with van der Waals surface area (Å²) in [6.45, 7) is 8.90. The van der Waals surface area contributed by atoms with Crippen LogP contribution in [0, 0.1) is 6.92 Å². The fourth-order valence-corrected chi connectivity index (χ4v) is 3.64. The van der Waals surface area contributed by atoms with Crippen molar-refractivity contribution in [1.29, 1.82) is 0 Å². The summed E-state index contributed by atoms with van der Waals surface area (Å²) < 4.78 is 11.9. The zero-order valence-corrected chi connectivity index (χ0v) is 19.0. The first-order valence-electron chi connectivity index (χ1n) is 10.9. The standard InChI is InChI=1S/C29H28O3/c1-20-25(31-18-8-11-21-9-6-5-7-10-21)17-16-24-27(30)26(32-28(20)24)19-22-12-14-23(15-13-22)29(2,3)4/h5-17,19H,18H2,1-4H3/b11-8+,26-19-. The minimum absolute atomic E-state index is 0.0887. The molecule has 0 spiro atoms. The van der Waals surface area contributed by atoms with Crippen molar-refractivity contribution in [3.8, 4) is 11.5 Å². The second-order valence-electron chi connectivity index (χ2n) is 9.00. The van der Waals surface area contributed by atoms with Gasteiger partial charge in [0.25, 0.3) is 0 Å². The lowest BCUT2D eigenvalue weighted by molar-refractivity contribution is 0.101. The fraction of sp³-hybridized carbons (Fsp3) is 0.207. The van der Waals surface area contributed by atoms with E-state index in [1.165, 1.54) is 5.56 Å². The van der Waals surface area contributed by atoms with Gasteiger partial charge in [-0.3, -0.25) is 4.79 Å². The number of ketones is 1. The Hall–Kier alpha value is -3.59. The summed E-state index contributed by atoms with van der Waals surface area (Å²) in [5, 5.41) is 0. The van der Waals surface area contributed by atoms with Crippen LogP contribution in [0.25, 0.3) is 12.2 Å². The van der Waals surface area contributed by atoms with Crippen LogP contribution in [0.5, 0.6) is 11.5 Å². The average Bonchev–Trinajstić information content (AvgIpc) is 3.09. The molecule has 0 atom stereocenters. The van der Waals surface area contributed by atoms with Gasteiger partial charge in [-0.1, -0.05) is 81.4 Å². The summed E-state index contributed by atoms with van der Waals surface area (Å²) in [6.07, 6.45) is 5.80. The van der Waals surface area contributed by atoms with E-state index in [0.29, 0.717) is 29.4 Å². The summed E-state index contributed by atoms with van der Waals surface area (Å²) >= 11 is 0. The Kier molecular flexibility index (Phi) is 6.00. The maximum Gasteiger partial charge on any atom is 0.231 e. The molecule has 0 saturated heterocycles. The zero-order chi connectivity index (χ0) is 22.7. The normalized spacial score (nSPS) is 14.6. The number of carbonyl (C=O) groups is 1. The highest BCUT2D eigenvalue weighted by Crippen LogP contribution is 2.39. The van der Waals surface area contributed by atoms with Crippen LogP contribution in [0.4, 0.5) is 0 Å². The lowest BCUT2D eigenvalue weighted by atomic mass is 9.86. The number of benzene rings is 3. The molecule has 0 bridgehead atoms. The number of rotatable bonds is 5. The highest BCUT2D eigenvalue weighted by molar-refractivity contribution is 6.14. The molecule has 3 aromatic rings. The van der Waals surface area contributed by atoms with E-state index >= 15 is 0 Å². The quantitative estimate of drug-likeness (QED) is 0.414. The predicted molar refractivity (Wildman–Crippen MR) is 130 cm³/mol. The van der Waals surface area contributed by atoms with E-state index in [1.54, 1.807) is 12.1 Å². The Bertz CT molecular complexity index is 1180. The van der Waals surface area contributed by atoms with Crippen molar-refractivity contribution in [2.75, 3.05) is 6.61 Å². The summed E-state index contributed by atoms with van der Waals surface area (Å²) in [5.41, 5.74) is 4.81. The van der Waals surface area contributed by atoms with Crippen LogP contribution in [-0.4, -0.2) is 12.4 Å². The van der Waals surface area contributed by atoms with Crippen LogP contribution in [0.15, 0.2) is 78.6 Å². The van der Waals surface area contributed by atoms with Crippen molar-refractivity contribution < 1.29 is 14.3 Å². The largest absolute Gasteiger partial charge is 0.489 e. The van der Waals surface area contributed by atoms with E-state index < -0.39 is 0 Å². The molecule has 3 nitrogen and oxygen atoms in total. The van der Waals surface area contributed by atoms with Crippen LogP contribution in [0.1, 0.15) is 53.4 Å². The summed E-state index contributed by atoms with van der Waals surface area (Å²) in [5.74, 6) is 1.54. The van der Waals surface area contributed by atoms with Crippen molar-refractivity contribution in [2.45, 2.75) is 33.1 Å². The molecule has 0 saturated carbocycles. The number of hydrogen-bond donors (Lipinski definition) is 0. The first-order valence-corrected chi connectivity index (χ1v) is 10.9. The number of fused-ring (bicyclic) bond motifs is 1. The molecule has 32 heavy (non-hydrogen) atoms. The van der Waals surface area contributed by atoms with Gasteiger partial charge in [-0.25, -0.2) is 0 Å². The van der Waals surface area contributed by atoms with Crippen LogP contribution in [-0.2, 0) is 5.41 Å². The van der Waals surface area contributed by atoms with Gasteiger partial charge in [0.2, 0.25) is 5.78 Å². The SMILES string of the molecule is Cc1c(OC/C=C/c2ccccc2)ccc2c1O/C(=C\c1ccc(C(C)(C)C)cc1)C2=O. The third-order valence-corrected chi connectivity index (χ3v) is 5.56. The average molecular weight is 425 g/mol. The van der Waals surface area contributed by atoms with Crippen molar-refractivity contribution in [2.24, 2.45) is 0 Å². The Morgan fingerprint density at radius 3 is 2.31 bits per heavy atom. The number of ether oxygens (including phenoxy) is 2. The van der Waals surface area contributed by atoms with Crippen molar-refractivity contribution in [1.82, 2.24) is 0 Å². The molecule has 4 rings (SSSR count). The molecule has 0 N–H and O–H groups in total. The third kappa shape index (κ3) is 4.67. The first kappa shape index (κ1) is 21.6. The zero-order valence-electron chi connectivity index (χ0n) is 19.0. The second kappa shape index (κ2) is 8.88. The van der Waals surface area contributed by atoms with Crippen molar-refractivity contribution >= 4 is 17.9 Å². The molecule has 1 aliphatic rings. The Morgan fingerprint density at radius 1 is 0.906 bits per heavy atom. The lowest BCUT2D eigenvalue weighted by Crippen LogP contribution is -2.10. The molecule has 0 aliphatic carbocycles. The van der Waals surface area contributed by atoms with E-state index in [1.807, 2.05) is 67.6 Å². The van der Waals surface area contributed by atoms with E-state index in [9.17, 15) is 4.79 Å². The van der Waals surface area contributed by atoms with Gasteiger partial charge in [0.15, 0.2) is 5.76 Å². The highest BCUT2D eigenvalue weighted by atomic mass is 16.5. The Balaban J connectivity index is 1.48.